The molecule has 0 aliphatic heterocycles. The molecule has 0 spiro atoms. The van der Waals surface area contributed by atoms with Crippen LogP contribution >= 0.6 is 0 Å². The van der Waals surface area contributed by atoms with Crippen LogP contribution in [0.4, 0.5) is 5.69 Å². The first-order valence-electron chi connectivity index (χ1n) is 7.37. The quantitative estimate of drug-likeness (QED) is 0.627. The van der Waals surface area contributed by atoms with Gasteiger partial charge in [0.1, 0.15) is 0 Å². The monoisotopic (exact) mass is 262 g/mol. The number of rotatable bonds is 10. The van der Waals surface area contributed by atoms with Crippen molar-refractivity contribution in [3.8, 4) is 0 Å². The molecule has 0 aliphatic rings. The number of unbranched alkanes of at least 4 members (excludes halogenated alkanes) is 6. The van der Waals surface area contributed by atoms with Gasteiger partial charge in [-0.25, -0.2) is 0 Å². The van der Waals surface area contributed by atoms with Crippen molar-refractivity contribution in [3.05, 3.63) is 29.8 Å². The molecule has 1 amide bonds. The molecule has 0 aliphatic carbocycles. The third-order valence-electron chi connectivity index (χ3n) is 3.26. The van der Waals surface area contributed by atoms with E-state index < -0.39 is 0 Å². The van der Waals surface area contributed by atoms with Gasteiger partial charge in [0, 0.05) is 17.8 Å². The van der Waals surface area contributed by atoms with Crippen LogP contribution in [-0.2, 0) is 0 Å². The highest BCUT2D eigenvalue weighted by Gasteiger charge is 2.00. The molecule has 1 aromatic rings. The van der Waals surface area contributed by atoms with E-state index in [1.54, 1.807) is 6.07 Å². The summed E-state index contributed by atoms with van der Waals surface area (Å²) >= 11 is 0. The van der Waals surface area contributed by atoms with Gasteiger partial charge in [-0.2, -0.15) is 0 Å². The van der Waals surface area contributed by atoms with Gasteiger partial charge in [-0.1, -0.05) is 51.5 Å². The van der Waals surface area contributed by atoms with Crippen LogP contribution < -0.4 is 11.1 Å². The van der Waals surface area contributed by atoms with E-state index in [0.717, 1.165) is 12.2 Å². The number of hydrogen-bond acceptors (Lipinski definition) is 2. The molecule has 19 heavy (non-hydrogen) atoms. The van der Waals surface area contributed by atoms with Crippen LogP contribution in [0.25, 0.3) is 0 Å². The Bertz CT molecular complexity index is 377. The largest absolute Gasteiger partial charge is 0.385 e. The third kappa shape index (κ3) is 6.85. The molecule has 1 aromatic carbocycles. The van der Waals surface area contributed by atoms with E-state index in [9.17, 15) is 4.79 Å². The van der Waals surface area contributed by atoms with Crippen molar-refractivity contribution in [1.82, 2.24) is 0 Å². The predicted molar refractivity (Wildman–Crippen MR) is 81.4 cm³/mol. The van der Waals surface area contributed by atoms with Gasteiger partial charge in [-0.15, -0.1) is 0 Å². The molecule has 0 atom stereocenters. The maximum atomic E-state index is 11.0. The van der Waals surface area contributed by atoms with E-state index in [1.165, 1.54) is 44.9 Å². The second-order valence-electron chi connectivity index (χ2n) is 4.99. The van der Waals surface area contributed by atoms with E-state index in [-0.39, 0.29) is 5.91 Å². The summed E-state index contributed by atoms with van der Waals surface area (Å²) in [4.78, 5) is 11.0. The van der Waals surface area contributed by atoms with Crippen molar-refractivity contribution in [2.75, 3.05) is 11.9 Å². The summed E-state index contributed by atoms with van der Waals surface area (Å²) in [6, 6.07) is 7.37. The zero-order chi connectivity index (χ0) is 13.9. The normalized spacial score (nSPS) is 10.4. The molecule has 0 radical (unpaired) electrons. The lowest BCUT2D eigenvalue weighted by Crippen LogP contribution is -2.11. The van der Waals surface area contributed by atoms with Crippen molar-refractivity contribution in [3.63, 3.8) is 0 Å². The first-order valence-corrected chi connectivity index (χ1v) is 7.37. The number of nitrogens with two attached hydrogens (primary N) is 1. The van der Waals surface area contributed by atoms with Gasteiger partial charge in [0.2, 0.25) is 5.91 Å². The van der Waals surface area contributed by atoms with Gasteiger partial charge < -0.3 is 11.1 Å². The molecule has 0 saturated carbocycles. The highest BCUT2D eigenvalue weighted by atomic mass is 16.1. The predicted octanol–water partition coefficient (Wildman–Crippen LogP) is 3.95. The highest BCUT2D eigenvalue weighted by Crippen LogP contribution is 2.11. The summed E-state index contributed by atoms with van der Waals surface area (Å²) in [5.74, 6) is -0.375. The number of anilines is 1. The molecular formula is C16H26N2O. The first-order chi connectivity index (χ1) is 9.24. The second-order valence-corrected chi connectivity index (χ2v) is 4.99. The maximum Gasteiger partial charge on any atom is 0.248 e. The van der Waals surface area contributed by atoms with Crippen LogP contribution in [0, 0.1) is 0 Å². The maximum absolute atomic E-state index is 11.0. The minimum absolute atomic E-state index is 0.375. The Kier molecular flexibility index (Phi) is 7.71. The minimum Gasteiger partial charge on any atom is -0.385 e. The van der Waals surface area contributed by atoms with Crippen molar-refractivity contribution in [2.24, 2.45) is 5.73 Å². The molecule has 3 nitrogen and oxygen atoms in total. The highest BCUT2D eigenvalue weighted by molar-refractivity contribution is 5.93. The zero-order valence-electron chi connectivity index (χ0n) is 12.0. The third-order valence-corrected chi connectivity index (χ3v) is 3.26. The molecular weight excluding hydrogens is 236 g/mol. The molecule has 3 heteroatoms. The Labute approximate surface area is 116 Å². The number of primary amides is 1. The molecule has 1 rings (SSSR count). The second kappa shape index (κ2) is 9.42. The van der Waals surface area contributed by atoms with Crippen LogP contribution in [0.15, 0.2) is 24.3 Å². The number of carbonyl (C=O) groups excluding carboxylic acids is 1. The van der Waals surface area contributed by atoms with Crippen molar-refractivity contribution in [2.45, 2.75) is 51.9 Å². The standard InChI is InChI=1S/C16H26N2O/c1-2-3-4-5-6-7-8-12-18-15-11-9-10-14(13-15)16(17)19/h9-11,13,18H,2-8,12H2,1H3,(H2,17,19). The summed E-state index contributed by atoms with van der Waals surface area (Å²) in [6.45, 7) is 3.19. The number of hydrogen-bond donors (Lipinski definition) is 2. The van der Waals surface area contributed by atoms with Gasteiger partial charge in [0.05, 0.1) is 0 Å². The Morgan fingerprint density at radius 3 is 2.47 bits per heavy atom. The number of nitrogens with one attached hydrogen (secondary N) is 1. The lowest BCUT2D eigenvalue weighted by atomic mass is 10.1. The van der Waals surface area contributed by atoms with E-state index in [1.807, 2.05) is 18.2 Å². The number of amides is 1. The lowest BCUT2D eigenvalue weighted by molar-refractivity contribution is 0.100. The average molecular weight is 262 g/mol. The van der Waals surface area contributed by atoms with E-state index in [2.05, 4.69) is 12.2 Å². The zero-order valence-corrected chi connectivity index (χ0v) is 12.0. The fraction of sp³-hybridized carbons (Fsp3) is 0.562. The van der Waals surface area contributed by atoms with Crippen molar-refractivity contribution >= 4 is 11.6 Å². The number of carbonyl (C=O) groups is 1. The summed E-state index contributed by atoms with van der Waals surface area (Å²) in [6.07, 6.45) is 9.15. The fourth-order valence-corrected chi connectivity index (χ4v) is 2.10. The Morgan fingerprint density at radius 2 is 1.79 bits per heavy atom. The molecule has 0 bridgehead atoms. The summed E-state index contributed by atoms with van der Waals surface area (Å²) in [7, 11) is 0. The van der Waals surface area contributed by atoms with Crippen LogP contribution in [0.3, 0.4) is 0 Å². The van der Waals surface area contributed by atoms with Gasteiger partial charge in [0.25, 0.3) is 0 Å². The molecule has 0 unspecified atom stereocenters. The Balaban J connectivity index is 2.12. The minimum atomic E-state index is -0.375. The molecule has 0 fully saturated rings. The van der Waals surface area contributed by atoms with E-state index in [0.29, 0.717) is 5.56 Å². The van der Waals surface area contributed by atoms with Crippen LogP contribution in [0.1, 0.15) is 62.2 Å². The number of benzene rings is 1. The summed E-state index contributed by atoms with van der Waals surface area (Å²) in [5, 5.41) is 3.33. The summed E-state index contributed by atoms with van der Waals surface area (Å²) in [5.41, 5.74) is 6.78. The Morgan fingerprint density at radius 1 is 1.11 bits per heavy atom. The fourth-order valence-electron chi connectivity index (χ4n) is 2.10. The van der Waals surface area contributed by atoms with E-state index >= 15 is 0 Å². The average Bonchev–Trinajstić information content (AvgIpc) is 2.42. The van der Waals surface area contributed by atoms with Crippen LogP contribution in [-0.4, -0.2) is 12.5 Å². The summed E-state index contributed by atoms with van der Waals surface area (Å²) < 4.78 is 0. The van der Waals surface area contributed by atoms with Gasteiger partial charge in [0.15, 0.2) is 0 Å². The molecule has 0 heterocycles. The molecule has 106 valence electrons. The SMILES string of the molecule is CCCCCCCCCNc1cccc(C(N)=O)c1. The van der Waals surface area contributed by atoms with Crippen LogP contribution in [0.2, 0.25) is 0 Å². The van der Waals surface area contributed by atoms with E-state index in [4.69, 9.17) is 5.73 Å². The molecule has 0 aromatic heterocycles. The topological polar surface area (TPSA) is 55.1 Å². The van der Waals surface area contributed by atoms with Gasteiger partial charge in [-0.3, -0.25) is 4.79 Å². The smallest absolute Gasteiger partial charge is 0.248 e. The van der Waals surface area contributed by atoms with Gasteiger partial charge in [-0.05, 0) is 24.6 Å². The van der Waals surface area contributed by atoms with Crippen molar-refractivity contribution < 1.29 is 4.79 Å². The first kappa shape index (κ1) is 15.5. The molecule has 0 saturated heterocycles. The van der Waals surface area contributed by atoms with Crippen LogP contribution in [0.5, 0.6) is 0 Å². The van der Waals surface area contributed by atoms with Gasteiger partial charge >= 0.3 is 0 Å². The Hall–Kier alpha value is -1.51. The lowest BCUT2D eigenvalue weighted by Gasteiger charge is -2.07. The van der Waals surface area contributed by atoms with Crippen molar-refractivity contribution in [1.29, 1.82) is 0 Å². The molecule has 3 N–H and O–H groups in total.